The normalized spacial score (nSPS) is 11.0. The van der Waals surface area contributed by atoms with Crippen LogP contribution in [0.15, 0.2) is 28.9 Å². The molecule has 0 unspecified atom stereocenters. The number of fused-ring (bicyclic) bond motifs is 1. The smallest absolute Gasteiger partial charge is 0.252 e. The molecule has 0 amide bonds. The monoisotopic (exact) mass is 283 g/mol. The van der Waals surface area contributed by atoms with E-state index in [1.54, 1.807) is 12.4 Å². The van der Waals surface area contributed by atoms with Crippen molar-refractivity contribution >= 4 is 17.0 Å². The maximum absolute atomic E-state index is 5.54. The second kappa shape index (κ2) is 5.47. The molecule has 0 spiro atoms. The summed E-state index contributed by atoms with van der Waals surface area (Å²) in [6, 6.07) is 4.00. The molecule has 0 N–H and O–H groups in total. The van der Waals surface area contributed by atoms with Crippen molar-refractivity contribution in [1.29, 1.82) is 0 Å². The van der Waals surface area contributed by atoms with Crippen molar-refractivity contribution in [3.63, 3.8) is 0 Å². The summed E-state index contributed by atoms with van der Waals surface area (Å²) in [6.07, 6.45) is 3.59. The maximum Gasteiger partial charge on any atom is 0.252 e. The average molecular weight is 283 g/mol. The minimum absolute atomic E-state index is 0.545. The Bertz CT molecular complexity index is 753. The minimum atomic E-state index is 0.545. The van der Waals surface area contributed by atoms with Crippen molar-refractivity contribution in [3.8, 4) is 0 Å². The highest BCUT2D eigenvalue weighted by Crippen LogP contribution is 2.25. The molecule has 3 rings (SSSR count). The first-order valence-corrected chi connectivity index (χ1v) is 6.93. The zero-order valence-corrected chi connectivity index (χ0v) is 12.4. The molecule has 0 atom stereocenters. The molecular weight excluding hydrogens is 266 g/mol. The van der Waals surface area contributed by atoms with Gasteiger partial charge in [0.05, 0.1) is 0 Å². The molecule has 108 valence electrons. The summed E-state index contributed by atoms with van der Waals surface area (Å²) in [6.45, 7) is 7.34. The SMILES string of the molecule is CCN(Cc1ccncc1)c1nc(C)nc2oc(C)nc12. The highest BCUT2D eigenvalue weighted by atomic mass is 16.4. The Morgan fingerprint density at radius 3 is 2.57 bits per heavy atom. The number of hydrogen-bond acceptors (Lipinski definition) is 6. The van der Waals surface area contributed by atoms with Gasteiger partial charge in [-0.3, -0.25) is 4.98 Å². The van der Waals surface area contributed by atoms with E-state index in [1.807, 2.05) is 26.0 Å². The summed E-state index contributed by atoms with van der Waals surface area (Å²) in [5, 5.41) is 0. The largest absolute Gasteiger partial charge is 0.422 e. The van der Waals surface area contributed by atoms with Gasteiger partial charge in [-0.25, -0.2) is 9.97 Å². The van der Waals surface area contributed by atoms with E-state index in [-0.39, 0.29) is 0 Å². The number of hydrogen-bond donors (Lipinski definition) is 0. The van der Waals surface area contributed by atoms with Crippen molar-refractivity contribution in [2.45, 2.75) is 27.3 Å². The van der Waals surface area contributed by atoms with Crippen LogP contribution in [0.4, 0.5) is 5.82 Å². The Balaban J connectivity index is 2.04. The van der Waals surface area contributed by atoms with Crippen LogP contribution in [0.3, 0.4) is 0 Å². The zero-order chi connectivity index (χ0) is 14.8. The topological polar surface area (TPSA) is 67.9 Å². The minimum Gasteiger partial charge on any atom is -0.422 e. The molecular formula is C15H17N5O. The van der Waals surface area contributed by atoms with Gasteiger partial charge in [0.25, 0.3) is 5.71 Å². The van der Waals surface area contributed by atoms with Crippen molar-refractivity contribution in [1.82, 2.24) is 19.9 Å². The van der Waals surface area contributed by atoms with Crippen LogP contribution in [-0.2, 0) is 6.54 Å². The van der Waals surface area contributed by atoms with Crippen LogP contribution < -0.4 is 4.90 Å². The van der Waals surface area contributed by atoms with Gasteiger partial charge >= 0.3 is 0 Å². The fraction of sp³-hybridized carbons (Fsp3) is 0.333. The van der Waals surface area contributed by atoms with Gasteiger partial charge < -0.3 is 9.32 Å². The van der Waals surface area contributed by atoms with Crippen LogP contribution in [0.1, 0.15) is 24.2 Å². The molecule has 0 saturated carbocycles. The summed E-state index contributed by atoms with van der Waals surface area (Å²) in [5.74, 6) is 2.10. The molecule has 21 heavy (non-hydrogen) atoms. The predicted molar refractivity (Wildman–Crippen MR) is 80.0 cm³/mol. The Kier molecular flexibility index (Phi) is 3.51. The fourth-order valence-electron chi connectivity index (χ4n) is 2.28. The lowest BCUT2D eigenvalue weighted by atomic mass is 10.2. The second-order valence-electron chi connectivity index (χ2n) is 4.85. The number of aromatic nitrogens is 4. The summed E-state index contributed by atoms with van der Waals surface area (Å²) in [7, 11) is 0. The standard InChI is InChI=1S/C15H17N5O/c1-4-20(9-12-5-7-16-8-6-12)14-13-15(18-10(2)17-14)21-11(3)19-13/h5-8H,4,9H2,1-3H3. The first-order chi connectivity index (χ1) is 10.2. The number of rotatable bonds is 4. The van der Waals surface area contributed by atoms with E-state index in [0.29, 0.717) is 22.9 Å². The number of aryl methyl sites for hydroxylation is 2. The molecule has 0 bridgehead atoms. The number of nitrogens with zero attached hydrogens (tertiary/aromatic N) is 5. The van der Waals surface area contributed by atoms with Crippen LogP contribution in [0.5, 0.6) is 0 Å². The number of anilines is 1. The summed E-state index contributed by atoms with van der Waals surface area (Å²) in [5.41, 5.74) is 2.44. The molecule has 3 aromatic rings. The number of oxazole rings is 1. The molecule has 6 nitrogen and oxygen atoms in total. The van der Waals surface area contributed by atoms with Gasteiger partial charge in [-0.15, -0.1) is 0 Å². The third-order valence-electron chi connectivity index (χ3n) is 3.26. The lowest BCUT2D eigenvalue weighted by Gasteiger charge is -2.22. The van der Waals surface area contributed by atoms with E-state index in [2.05, 4.69) is 31.8 Å². The Morgan fingerprint density at radius 2 is 1.86 bits per heavy atom. The van der Waals surface area contributed by atoms with E-state index in [0.717, 1.165) is 18.9 Å². The van der Waals surface area contributed by atoms with Crippen LogP contribution in [0.2, 0.25) is 0 Å². The van der Waals surface area contributed by atoms with Gasteiger partial charge in [0.1, 0.15) is 5.82 Å². The molecule has 0 aliphatic rings. The Hall–Kier alpha value is -2.50. The van der Waals surface area contributed by atoms with Gasteiger partial charge in [0.15, 0.2) is 17.2 Å². The van der Waals surface area contributed by atoms with Crippen molar-refractivity contribution in [2.24, 2.45) is 0 Å². The maximum atomic E-state index is 5.54. The Morgan fingerprint density at radius 1 is 1.10 bits per heavy atom. The molecule has 0 aromatic carbocycles. The van der Waals surface area contributed by atoms with Crippen molar-refractivity contribution in [3.05, 3.63) is 41.8 Å². The predicted octanol–water partition coefficient (Wildman–Crippen LogP) is 2.66. The Labute approximate surface area is 122 Å². The second-order valence-corrected chi connectivity index (χ2v) is 4.85. The van der Waals surface area contributed by atoms with E-state index < -0.39 is 0 Å². The third kappa shape index (κ3) is 2.69. The first-order valence-electron chi connectivity index (χ1n) is 6.93. The summed E-state index contributed by atoms with van der Waals surface area (Å²) < 4.78 is 5.54. The molecule has 0 aliphatic carbocycles. The number of pyridine rings is 1. The molecule has 3 aromatic heterocycles. The fourth-order valence-corrected chi connectivity index (χ4v) is 2.28. The summed E-state index contributed by atoms with van der Waals surface area (Å²) >= 11 is 0. The molecule has 6 heteroatoms. The molecule has 0 saturated heterocycles. The quantitative estimate of drug-likeness (QED) is 0.733. The van der Waals surface area contributed by atoms with Gasteiger partial charge in [-0.1, -0.05) is 0 Å². The zero-order valence-electron chi connectivity index (χ0n) is 12.4. The lowest BCUT2D eigenvalue weighted by molar-refractivity contribution is 0.550. The lowest BCUT2D eigenvalue weighted by Crippen LogP contribution is -2.24. The van der Waals surface area contributed by atoms with E-state index >= 15 is 0 Å². The summed E-state index contributed by atoms with van der Waals surface area (Å²) in [4.78, 5) is 19.5. The van der Waals surface area contributed by atoms with Crippen molar-refractivity contribution in [2.75, 3.05) is 11.4 Å². The first kappa shape index (κ1) is 13.5. The molecule has 3 heterocycles. The van der Waals surface area contributed by atoms with E-state index in [9.17, 15) is 0 Å². The molecule has 0 radical (unpaired) electrons. The average Bonchev–Trinajstić information content (AvgIpc) is 2.85. The van der Waals surface area contributed by atoms with Crippen LogP contribution in [0.25, 0.3) is 11.2 Å². The van der Waals surface area contributed by atoms with E-state index in [4.69, 9.17) is 4.42 Å². The van der Waals surface area contributed by atoms with Gasteiger partial charge in [-0.2, -0.15) is 4.98 Å². The van der Waals surface area contributed by atoms with Crippen LogP contribution in [0, 0.1) is 13.8 Å². The molecule has 0 aliphatic heterocycles. The van der Waals surface area contributed by atoms with Crippen LogP contribution >= 0.6 is 0 Å². The highest BCUT2D eigenvalue weighted by molar-refractivity contribution is 5.82. The van der Waals surface area contributed by atoms with Crippen molar-refractivity contribution < 1.29 is 4.42 Å². The van der Waals surface area contributed by atoms with Gasteiger partial charge in [0, 0.05) is 32.4 Å². The van der Waals surface area contributed by atoms with Gasteiger partial charge in [-0.05, 0) is 31.5 Å². The van der Waals surface area contributed by atoms with E-state index in [1.165, 1.54) is 5.56 Å². The highest BCUT2D eigenvalue weighted by Gasteiger charge is 2.17. The third-order valence-corrected chi connectivity index (χ3v) is 3.26. The van der Waals surface area contributed by atoms with Crippen LogP contribution in [-0.4, -0.2) is 26.5 Å². The molecule has 0 fully saturated rings. The van der Waals surface area contributed by atoms with Gasteiger partial charge in [0.2, 0.25) is 0 Å².